The Morgan fingerprint density at radius 3 is 1.80 bits per heavy atom. The maximum Gasteiger partial charge on any atom is 0.408 e. The summed E-state index contributed by atoms with van der Waals surface area (Å²) in [7, 11) is 0. The topological polar surface area (TPSA) is 159 Å². The first-order valence-electron chi connectivity index (χ1n) is 12.0. The Morgan fingerprint density at radius 2 is 1.27 bits per heavy atom. The molecular weight excluding hydrogens is 593 g/mol. The van der Waals surface area contributed by atoms with Crippen LogP contribution in [0.3, 0.4) is 0 Å². The zero-order chi connectivity index (χ0) is 29.2. The smallest absolute Gasteiger partial charge is 0.408 e. The normalized spacial score (nSPS) is 12.7. The van der Waals surface area contributed by atoms with E-state index in [0.29, 0.717) is 37.1 Å². The van der Waals surface area contributed by atoms with Gasteiger partial charge in [-0.05, 0) is 41.5 Å². The SMILES string of the molecule is CC(C)(C)OC(=O)N[C@@H](Cc1nc(-c2nc(-c3nc(-c4nc(C(N)=O)cs4)cs3)cs2)cs1)C(=O)OC(C)(C)C. The van der Waals surface area contributed by atoms with Crippen LogP contribution in [-0.4, -0.2) is 55.1 Å². The Labute approximate surface area is 246 Å². The monoisotopic (exact) mass is 620 g/mol. The summed E-state index contributed by atoms with van der Waals surface area (Å²) >= 11 is 5.49. The minimum atomic E-state index is -0.977. The number of nitrogens with zero attached hydrogens (tertiary/aromatic N) is 4. The first-order valence-corrected chi connectivity index (χ1v) is 15.5. The van der Waals surface area contributed by atoms with Crippen molar-refractivity contribution in [1.29, 1.82) is 0 Å². The van der Waals surface area contributed by atoms with Gasteiger partial charge in [-0.1, -0.05) is 0 Å². The number of alkyl carbamates (subject to hydrolysis) is 1. The van der Waals surface area contributed by atoms with Crippen LogP contribution >= 0.6 is 45.3 Å². The molecule has 0 spiro atoms. The maximum atomic E-state index is 12.9. The summed E-state index contributed by atoms with van der Waals surface area (Å²) in [6.07, 6.45) is -0.579. The molecule has 1 atom stereocenters. The summed E-state index contributed by atoms with van der Waals surface area (Å²) in [4.78, 5) is 54.8. The third-order valence-electron chi connectivity index (χ3n) is 4.74. The van der Waals surface area contributed by atoms with Crippen LogP contribution < -0.4 is 11.1 Å². The molecule has 4 rings (SSSR count). The van der Waals surface area contributed by atoms with E-state index < -0.39 is 35.2 Å². The van der Waals surface area contributed by atoms with Gasteiger partial charge in [0.2, 0.25) is 0 Å². The van der Waals surface area contributed by atoms with E-state index in [-0.39, 0.29) is 12.1 Å². The third kappa shape index (κ3) is 7.90. The van der Waals surface area contributed by atoms with Crippen molar-refractivity contribution in [1.82, 2.24) is 25.3 Å². The molecule has 0 aliphatic heterocycles. The number of nitrogens with two attached hydrogens (primary N) is 1. The Bertz CT molecular complexity index is 1520. The largest absolute Gasteiger partial charge is 0.458 e. The Morgan fingerprint density at radius 1 is 0.775 bits per heavy atom. The molecule has 0 aliphatic carbocycles. The number of thiazole rings is 4. The van der Waals surface area contributed by atoms with Gasteiger partial charge in [-0.25, -0.2) is 29.5 Å². The average Bonchev–Trinajstić information content (AvgIpc) is 3.62. The Balaban J connectivity index is 1.48. The predicted molar refractivity (Wildman–Crippen MR) is 157 cm³/mol. The number of hydrogen-bond acceptors (Lipinski definition) is 13. The second-order valence-corrected chi connectivity index (χ2v) is 14.1. The Hall–Kier alpha value is -3.27. The zero-order valence-corrected chi connectivity index (χ0v) is 25.9. The van der Waals surface area contributed by atoms with Gasteiger partial charge in [0.1, 0.15) is 55.0 Å². The maximum absolute atomic E-state index is 12.9. The average molecular weight is 621 g/mol. The van der Waals surface area contributed by atoms with Gasteiger partial charge in [-0.15, -0.1) is 45.3 Å². The van der Waals surface area contributed by atoms with Crippen LogP contribution in [0, 0.1) is 0 Å². The van der Waals surface area contributed by atoms with Crippen molar-refractivity contribution in [3.8, 4) is 32.1 Å². The number of carbonyl (C=O) groups is 3. The fraction of sp³-hybridized carbons (Fsp3) is 0.400. The number of hydrogen-bond donors (Lipinski definition) is 2. The molecule has 0 unspecified atom stereocenters. The van der Waals surface area contributed by atoms with Crippen molar-refractivity contribution in [2.75, 3.05) is 0 Å². The number of nitrogens with one attached hydrogen (secondary N) is 1. The van der Waals surface area contributed by atoms with E-state index in [1.807, 2.05) is 16.1 Å². The van der Waals surface area contributed by atoms with E-state index >= 15 is 0 Å². The van der Waals surface area contributed by atoms with Crippen LogP contribution in [0.1, 0.15) is 57.0 Å². The highest BCUT2D eigenvalue weighted by Crippen LogP contribution is 2.34. The van der Waals surface area contributed by atoms with Crippen LogP contribution in [0.4, 0.5) is 4.79 Å². The number of esters is 1. The molecule has 3 N–H and O–H groups in total. The third-order valence-corrected chi connectivity index (χ3v) is 8.20. The molecule has 2 amide bonds. The highest BCUT2D eigenvalue weighted by Gasteiger charge is 2.30. The zero-order valence-electron chi connectivity index (χ0n) is 22.6. The van der Waals surface area contributed by atoms with Crippen molar-refractivity contribution >= 4 is 63.3 Å². The summed E-state index contributed by atoms with van der Waals surface area (Å²) in [6.45, 7) is 10.5. The first kappa shape index (κ1) is 29.7. The molecule has 0 bridgehead atoms. The van der Waals surface area contributed by atoms with E-state index in [4.69, 9.17) is 20.2 Å². The summed E-state index contributed by atoms with van der Waals surface area (Å²) in [5, 5.41) is 12.5. The van der Waals surface area contributed by atoms with Gasteiger partial charge in [0, 0.05) is 27.9 Å². The number of carbonyl (C=O) groups excluding carboxylic acids is 3. The molecule has 15 heteroatoms. The Kier molecular flexibility index (Phi) is 8.68. The van der Waals surface area contributed by atoms with Gasteiger partial charge >= 0.3 is 12.1 Å². The molecule has 212 valence electrons. The molecule has 0 saturated carbocycles. The second kappa shape index (κ2) is 11.7. The first-order chi connectivity index (χ1) is 18.7. The number of primary amides is 1. The molecule has 4 aromatic rings. The quantitative estimate of drug-likeness (QED) is 0.246. The van der Waals surface area contributed by atoms with Crippen LogP contribution in [0.15, 0.2) is 21.5 Å². The van der Waals surface area contributed by atoms with Crippen LogP contribution in [0.5, 0.6) is 0 Å². The fourth-order valence-electron chi connectivity index (χ4n) is 3.18. The highest BCUT2D eigenvalue weighted by molar-refractivity contribution is 7.16. The van der Waals surface area contributed by atoms with E-state index in [1.54, 1.807) is 46.9 Å². The minimum absolute atomic E-state index is 0.133. The predicted octanol–water partition coefficient (Wildman–Crippen LogP) is 5.39. The van der Waals surface area contributed by atoms with Crippen LogP contribution in [0.2, 0.25) is 0 Å². The molecule has 40 heavy (non-hydrogen) atoms. The van der Waals surface area contributed by atoms with E-state index in [1.165, 1.54) is 45.3 Å². The van der Waals surface area contributed by atoms with E-state index in [9.17, 15) is 14.4 Å². The molecule has 0 aliphatic rings. The lowest BCUT2D eigenvalue weighted by Gasteiger charge is -2.25. The van der Waals surface area contributed by atoms with Crippen molar-refractivity contribution in [3.63, 3.8) is 0 Å². The second-order valence-electron chi connectivity index (χ2n) is 10.5. The number of aromatic nitrogens is 4. The molecule has 0 saturated heterocycles. The summed E-state index contributed by atoms with van der Waals surface area (Å²) in [5.41, 5.74) is 6.05. The molecule has 0 fully saturated rings. The lowest BCUT2D eigenvalue weighted by molar-refractivity contribution is -0.157. The van der Waals surface area contributed by atoms with E-state index in [0.717, 1.165) is 0 Å². The van der Waals surface area contributed by atoms with Crippen molar-refractivity contribution < 1.29 is 23.9 Å². The highest BCUT2D eigenvalue weighted by atomic mass is 32.1. The molecule has 11 nitrogen and oxygen atoms in total. The van der Waals surface area contributed by atoms with Gasteiger partial charge < -0.3 is 20.5 Å². The number of ether oxygens (including phenoxy) is 2. The summed E-state index contributed by atoms with van der Waals surface area (Å²) < 4.78 is 10.9. The minimum Gasteiger partial charge on any atom is -0.458 e. The van der Waals surface area contributed by atoms with Crippen LogP contribution in [0.25, 0.3) is 32.1 Å². The lowest BCUT2D eigenvalue weighted by atomic mass is 10.1. The van der Waals surface area contributed by atoms with Crippen molar-refractivity contribution in [2.24, 2.45) is 5.73 Å². The lowest BCUT2D eigenvalue weighted by Crippen LogP contribution is -2.47. The van der Waals surface area contributed by atoms with E-state index in [2.05, 4.69) is 20.3 Å². The standard InChI is InChI=1S/C25H28N6O5S4/c1-24(2,3)35-22(33)12(31-23(34)36-25(4,5)6)7-17-27-14(9-37-17)19-29-16(11-39-19)21-30-15(10-40-21)20-28-13(8-38-20)18(26)32/h8-12H,7H2,1-6H3,(H2,26,32)(H,31,34)/t12-/m0/s1. The van der Waals surface area contributed by atoms with Crippen molar-refractivity contribution in [3.05, 3.63) is 32.2 Å². The fourth-order valence-corrected chi connectivity index (χ4v) is 6.52. The molecule has 4 aromatic heterocycles. The van der Waals surface area contributed by atoms with Crippen molar-refractivity contribution in [2.45, 2.75) is 65.2 Å². The van der Waals surface area contributed by atoms with Gasteiger partial charge in [-0.2, -0.15) is 0 Å². The van der Waals surface area contributed by atoms with Gasteiger partial charge in [0.15, 0.2) is 0 Å². The molecule has 0 radical (unpaired) electrons. The summed E-state index contributed by atoms with van der Waals surface area (Å²) in [5.74, 6) is -1.16. The van der Waals surface area contributed by atoms with Gasteiger partial charge in [0.25, 0.3) is 5.91 Å². The van der Waals surface area contributed by atoms with Gasteiger partial charge in [-0.3, -0.25) is 4.79 Å². The molecule has 0 aromatic carbocycles. The number of rotatable bonds is 8. The van der Waals surface area contributed by atoms with Gasteiger partial charge in [0.05, 0.1) is 5.01 Å². The number of amides is 2. The summed E-state index contributed by atoms with van der Waals surface area (Å²) in [6, 6.07) is -0.977. The molecule has 4 heterocycles. The van der Waals surface area contributed by atoms with Crippen LogP contribution in [-0.2, 0) is 20.7 Å². The molecular formula is C25H28N6O5S4.